The van der Waals surface area contributed by atoms with Crippen molar-refractivity contribution in [1.82, 2.24) is 10.3 Å². The largest absolute Gasteiger partial charge is 0.496 e. The molecule has 2 heterocycles. The number of hydrogen-bond donors (Lipinski definition) is 1. The molecule has 0 saturated carbocycles. The molecule has 1 N–H and O–H groups in total. The van der Waals surface area contributed by atoms with Crippen molar-refractivity contribution >= 4 is 16.8 Å². The second-order valence-electron chi connectivity index (χ2n) is 7.97. The number of carbonyl (C=O) groups excluding carboxylic acids is 1. The van der Waals surface area contributed by atoms with Gasteiger partial charge in [0.25, 0.3) is 0 Å². The quantitative estimate of drug-likeness (QED) is 0.650. The smallest absolute Gasteiger partial charge is 0.220 e. The van der Waals surface area contributed by atoms with Gasteiger partial charge in [0, 0.05) is 23.9 Å². The highest BCUT2D eigenvalue weighted by molar-refractivity contribution is 5.82. The van der Waals surface area contributed by atoms with E-state index in [1.807, 2.05) is 43.5 Å². The number of aryl methyl sites for hydroxylation is 2. The summed E-state index contributed by atoms with van der Waals surface area (Å²) < 4.78 is 11.1. The number of pyridine rings is 1. The Morgan fingerprint density at radius 3 is 2.93 bits per heavy atom. The SMILES string of the molecule is COc1cc(CCC(=O)N[C@H]2COC[C@H]2Cc2ccnc3ccccc23)ccc1C. The van der Waals surface area contributed by atoms with Crippen LogP contribution in [-0.4, -0.2) is 37.3 Å². The molecule has 1 aliphatic rings. The topological polar surface area (TPSA) is 60.5 Å². The molecule has 5 nitrogen and oxygen atoms in total. The normalized spacial score (nSPS) is 18.5. The summed E-state index contributed by atoms with van der Waals surface area (Å²) in [5.41, 5.74) is 4.46. The maximum absolute atomic E-state index is 12.6. The maximum Gasteiger partial charge on any atom is 0.220 e. The van der Waals surface area contributed by atoms with Gasteiger partial charge in [-0.3, -0.25) is 9.78 Å². The van der Waals surface area contributed by atoms with Crippen LogP contribution in [0.15, 0.2) is 54.7 Å². The number of nitrogens with zero attached hydrogens (tertiary/aromatic N) is 1. The van der Waals surface area contributed by atoms with Crippen LogP contribution in [0.3, 0.4) is 0 Å². The second-order valence-corrected chi connectivity index (χ2v) is 7.97. The lowest BCUT2D eigenvalue weighted by atomic mass is 9.93. The molecule has 0 bridgehead atoms. The lowest BCUT2D eigenvalue weighted by Crippen LogP contribution is -2.40. The molecule has 0 aliphatic carbocycles. The van der Waals surface area contributed by atoms with Gasteiger partial charge in [0.1, 0.15) is 5.75 Å². The Morgan fingerprint density at radius 1 is 1.20 bits per heavy atom. The van der Waals surface area contributed by atoms with Gasteiger partial charge in [0.05, 0.1) is 31.9 Å². The molecule has 2 atom stereocenters. The van der Waals surface area contributed by atoms with Gasteiger partial charge in [-0.2, -0.15) is 0 Å². The van der Waals surface area contributed by atoms with Crippen LogP contribution in [0, 0.1) is 12.8 Å². The Hall–Kier alpha value is -2.92. The Morgan fingerprint density at radius 2 is 2.07 bits per heavy atom. The van der Waals surface area contributed by atoms with Crippen LogP contribution < -0.4 is 10.1 Å². The molecule has 30 heavy (non-hydrogen) atoms. The van der Waals surface area contributed by atoms with E-state index in [9.17, 15) is 4.79 Å². The molecule has 1 amide bonds. The van der Waals surface area contributed by atoms with Crippen LogP contribution in [0.4, 0.5) is 0 Å². The van der Waals surface area contributed by atoms with Gasteiger partial charge in [-0.1, -0.05) is 30.3 Å². The molecule has 2 aromatic carbocycles. The van der Waals surface area contributed by atoms with E-state index in [1.54, 1.807) is 7.11 Å². The van der Waals surface area contributed by atoms with Gasteiger partial charge in [-0.15, -0.1) is 0 Å². The van der Waals surface area contributed by atoms with Gasteiger partial charge in [-0.05, 0) is 54.7 Å². The number of nitrogens with one attached hydrogen (secondary N) is 1. The summed E-state index contributed by atoms with van der Waals surface area (Å²) in [5, 5.41) is 4.37. The lowest BCUT2D eigenvalue weighted by Gasteiger charge is -2.20. The summed E-state index contributed by atoms with van der Waals surface area (Å²) in [6, 6.07) is 16.4. The molecule has 0 spiro atoms. The van der Waals surface area contributed by atoms with Crippen molar-refractivity contribution in [3.63, 3.8) is 0 Å². The molecule has 4 rings (SSSR count). The van der Waals surface area contributed by atoms with E-state index < -0.39 is 0 Å². The Kier molecular flexibility index (Phi) is 6.29. The number of benzene rings is 2. The van der Waals surface area contributed by atoms with Crippen molar-refractivity contribution < 1.29 is 14.3 Å². The second kappa shape index (κ2) is 9.26. The summed E-state index contributed by atoms with van der Waals surface area (Å²) in [6.07, 6.45) is 3.86. The highest BCUT2D eigenvalue weighted by Gasteiger charge is 2.30. The van der Waals surface area contributed by atoms with Crippen molar-refractivity contribution in [2.24, 2.45) is 5.92 Å². The minimum Gasteiger partial charge on any atom is -0.496 e. The van der Waals surface area contributed by atoms with E-state index >= 15 is 0 Å². The third-order valence-electron chi connectivity index (χ3n) is 5.88. The fourth-order valence-electron chi connectivity index (χ4n) is 4.13. The van der Waals surface area contributed by atoms with Gasteiger partial charge in [0.15, 0.2) is 0 Å². The number of para-hydroxylation sites is 1. The number of fused-ring (bicyclic) bond motifs is 1. The van der Waals surface area contributed by atoms with Gasteiger partial charge in [-0.25, -0.2) is 0 Å². The molecule has 1 aliphatic heterocycles. The predicted molar refractivity (Wildman–Crippen MR) is 118 cm³/mol. The third kappa shape index (κ3) is 4.62. The highest BCUT2D eigenvalue weighted by atomic mass is 16.5. The third-order valence-corrected chi connectivity index (χ3v) is 5.88. The van der Waals surface area contributed by atoms with Gasteiger partial charge >= 0.3 is 0 Å². The van der Waals surface area contributed by atoms with E-state index in [4.69, 9.17) is 9.47 Å². The van der Waals surface area contributed by atoms with E-state index in [0.717, 1.165) is 28.8 Å². The fraction of sp³-hybridized carbons (Fsp3) is 0.360. The maximum atomic E-state index is 12.6. The zero-order chi connectivity index (χ0) is 20.9. The molecule has 3 aromatic rings. The van der Waals surface area contributed by atoms with Crippen LogP contribution in [-0.2, 0) is 22.4 Å². The van der Waals surface area contributed by atoms with Gasteiger partial charge in [0.2, 0.25) is 5.91 Å². The number of aromatic nitrogens is 1. The number of carbonyl (C=O) groups is 1. The van der Waals surface area contributed by atoms with Crippen molar-refractivity contribution in [2.75, 3.05) is 20.3 Å². The molecule has 1 aromatic heterocycles. The van der Waals surface area contributed by atoms with Crippen LogP contribution >= 0.6 is 0 Å². The zero-order valence-corrected chi connectivity index (χ0v) is 17.6. The number of hydrogen-bond acceptors (Lipinski definition) is 4. The summed E-state index contributed by atoms with van der Waals surface area (Å²) in [7, 11) is 1.67. The van der Waals surface area contributed by atoms with Gasteiger partial charge < -0.3 is 14.8 Å². The summed E-state index contributed by atoms with van der Waals surface area (Å²) in [5.74, 6) is 1.19. The first-order valence-electron chi connectivity index (χ1n) is 10.5. The molecular weight excluding hydrogens is 376 g/mol. The Balaban J connectivity index is 1.36. The average molecular weight is 405 g/mol. The summed E-state index contributed by atoms with van der Waals surface area (Å²) in [4.78, 5) is 17.0. The minimum absolute atomic E-state index is 0.0389. The summed E-state index contributed by atoms with van der Waals surface area (Å²) >= 11 is 0. The van der Waals surface area contributed by atoms with E-state index in [-0.39, 0.29) is 17.9 Å². The monoisotopic (exact) mass is 404 g/mol. The van der Waals surface area contributed by atoms with E-state index in [2.05, 4.69) is 28.5 Å². The molecule has 1 saturated heterocycles. The Labute approximate surface area is 177 Å². The fourth-order valence-corrected chi connectivity index (χ4v) is 4.13. The van der Waals surface area contributed by atoms with Crippen LogP contribution in [0.5, 0.6) is 5.75 Å². The van der Waals surface area contributed by atoms with E-state index in [1.165, 1.54) is 10.9 Å². The molecule has 5 heteroatoms. The van der Waals surface area contributed by atoms with Crippen molar-refractivity contribution in [2.45, 2.75) is 32.2 Å². The first-order valence-corrected chi connectivity index (χ1v) is 10.5. The minimum atomic E-state index is 0.0389. The molecule has 156 valence electrons. The number of rotatable bonds is 7. The van der Waals surface area contributed by atoms with Crippen LogP contribution in [0.25, 0.3) is 10.9 Å². The zero-order valence-electron chi connectivity index (χ0n) is 17.6. The van der Waals surface area contributed by atoms with E-state index in [0.29, 0.717) is 26.1 Å². The summed E-state index contributed by atoms with van der Waals surface area (Å²) in [6.45, 7) is 3.25. The standard InChI is InChI=1S/C25H28N2O3/c1-17-7-8-18(13-24(17)29-2)9-10-25(28)27-23-16-30-15-20(23)14-19-11-12-26-22-6-4-3-5-21(19)22/h3-8,11-13,20,23H,9-10,14-16H2,1-2H3,(H,27,28)/t20-,23+/m1/s1. The number of methoxy groups -OCH3 is 1. The van der Waals surface area contributed by atoms with Crippen LogP contribution in [0.2, 0.25) is 0 Å². The molecular formula is C25H28N2O3. The first-order chi connectivity index (χ1) is 14.6. The first kappa shape index (κ1) is 20.4. The number of amides is 1. The molecule has 0 unspecified atom stereocenters. The Bertz CT molecular complexity index is 1030. The van der Waals surface area contributed by atoms with Crippen molar-refractivity contribution in [3.8, 4) is 5.75 Å². The lowest BCUT2D eigenvalue weighted by molar-refractivity contribution is -0.122. The van der Waals surface area contributed by atoms with Crippen molar-refractivity contribution in [3.05, 3.63) is 71.4 Å². The van der Waals surface area contributed by atoms with Crippen molar-refractivity contribution in [1.29, 1.82) is 0 Å². The molecule has 0 radical (unpaired) electrons. The average Bonchev–Trinajstić information content (AvgIpc) is 3.20. The van der Waals surface area contributed by atoms with Crippen LogP contribution in [0.1, 0.15) is 23.1 Å². The molecule has 1 fully saturated rings. The highest BCUT2D eigenvalue weighted by Crippen LogP contribution is 2.24. The predicted octanol–water partition coefficient (Wildman–Crippen LogP) is 3.86. The number of ether oxygens (including phenoxy) is 2.